The van der Waals surface area contributed by atoms with E-state index in [-0.39, 0.29) is 12.1 Å². The molecule has 2 unspecified atom stereocenters. The highest BCUT2D eigenvalue weighted by Crippen LogP contribution is 2.35. The van der Waals surface area contributed by atoms with Crippen molar-refractivity contribution in [2.24, 2.45) is 11.5 Å². The number of rotatable bonds is 2. The van der Waals surface area contributed by atoms with Crippen LogP contribution in [0.5, 0.6) is 0 Å². The molecule has 2 atom stereocenters. The van der Waals surface area contributed by atoms with Crippen LogP contribution in [-0.4, -0.2) is 12.1 Å². The first-order valence-corrected chi connectivity index (χ1v) is 8.26. The van der Waals surface area contributed by atoms with Gasteiger partial charge in [0.2, 0.25) is 0 Å². The second-order valence-corrected chi connectivity index (χ2v) is 7.69. The zero-order valence-electron chi connectivity index (χ0n) is 11.6. The van der Waals surface area contributed by atoms with Gasteiger partial charge in [-0.3, -0.25) is 0 Å². The molecule has 20 heavy (non-hydrogen) atoms. The predicted molar refractivity (Wildman–Crippen MR) is 90.0 cm³/mol. The SMILES string of the molecule is Cc1ccc(C2=CC=C(c3ccc(C)s3)C(N)C2N)s1. The summed E-state index contributed by atoms with van der Waals surface area (Å²) in [7, 11) is 0. The van der Waals surface area contributed by atoms with Crippen LogP contribution in [0.3, 0.4) is 0 Å². The maximum absolute atomic E-state index is 6.38. The van der Waals surface area contributed by atoms with Gasteiger partial charge < -0.3 is 11.5 Å². The van der Waals surface area contributed by atoms with Crippen LogP contribution in [0.2, 0.25) is 0 Å². The zero-order chi connectivity index (χ0) is 14.3. The summed E-state index contributed by atoms with van der Waals surface area (Å²) in [5, 5.41) is 0. The van der Waals surface area contributed by atoms with Crippen molar-refractivity contribution in [2.75, 3.05) is 0 Å². The van der Waals surface area contributed by atoms with E-state index in [0.29, 0.717) is 0 Å². The summed E-state index contributed by atoms with van der Waals surface area (Å²) >= 11 is 3.54. The Morgan fingerprint density at radius 1 is 0.750 bits per heavy atom. The fourth-order valence-electron chi connectivity index (χ4n) is 2.46. The molecule has 2 heterocycles. The number of hydrogen-bond donors (Lipinski definition) is 2. The Bertz CT molecular complexity index is 631. The van der Waals surface area contributed by atoms with E-state index >= 15 is 0 Å². The lowest BCUT2D eigenvalue weighted by molar-refractivity contribution is 0.731. The van der Waals surface area contributed by atoms with E-state index in [4.69, 9.17) is 11.5 Å². The van der Waals surface area contributed by atoms with Gasteiger partial charge in [0.15, 0.2) is 0 Å². The minimum absolute atomic E-state index is 0.143. The highest BCUT2D eigenvalue weighted by molar-refractivity contribution is 7.13. The molecule has 0 saturated heterocycles. The summed E-state index contributed by atoms with van der Waals surface area (Å²) in [6.45, 7) is 4.22. The summed E-state index contributed by atoms with van der Waals surface area (Å²) in [4.78, 5) is 5.04. The second kappa shape index (κ2) is 5.30. The van der Waals surface area contributed by atoms with E-state index in [9.17, 15) is 0 Å². The average molecular weight is 302 g/mol. The van der Waals surface area contributed by atoms with Crippen LogP contribution in [0.1, 0.15) is 19.5 Å². The number of thiophene rings is 2. The van der Waals surface area contributed by atoms with Crippen LogP contribution in [0.4, 0.5) is 0 Å². The molecule has 0 aromatic carbocycles. The van der Waals surface area contributed by atoms with Gasteiger partial charge in [0.05, 0.1) is 12.1 Å². The molecule has 1 aliphatic carbocycles. The van der Waals surface area contributed by atoms with Crippen LogP contribution >= 0.6 is 22.7 Å². The minimum atomic E-state index is -0.143. The van der Waals surface area contributed by atoms with Gasteiger partial charge in [-0.15, -0.1) is 22.7 Å². The Kier molecular flexibility index (Phi) is 3.65. The summed E-state index contributed by atoms with van der Waals surface area (Å²) in [6.07, 6.45) is 4.26. The maximum Gasteiger partial charge on any atom is 0.0505 e. The number of aryl methyl sites for hydroxylation is 2. The van der Waals surface area contributed by atoms with Gasteiger partial charge in [-0.25, -0.2) is 0 Å². The van der Waals surface area contributed by atoms with E-state index in [1.165, 1.54) is 19.5 Å². The largest absolute Gasteiger partial charge is 0.322 e. The van der Waals surface area contributed by atoms with E-state index in [1.54, 1.807) is 22.7 Å². The summed E-state index contributed by atoms with van der Waals surface area (Å²) in [5.74, 6) is 0. The van der Waals surface area contributed by atoms with Gasteiger partial charge in [0, 0.05) is 19.5 Å². The fourth-order valence-corrected chi connectivity index (χ4v) is 4.34. The summed E-state index contributed by atoms with van der Waals surface area (Å²) in [6, 6.07) is 8.23. The third-order valence-electron chi connectivity index (χ3n) is 3.60. The molecule has 3 rings (SSSR count). The van der Waals surface area contributed by atoms with Crippen LogP contribution in [0, 0.1) is 13.8 Å². The van der Waals surface area contributed by atoms with E-state index in [1.807, 2.05) is 0 Å². The number of allylic oxidation sites excluding steroid dienone is 2. The topological polar surface area (TPSA) is 52.0 Å². The Labute approximate surface area is 127 Å². The fraction of sp³-hybridized carbons (Fsp3) is 0.250. The van der Waals surface area contributed by atoms with E-state index < -0.39 is 0 Å². The van der Waals surface area contributed by atoms with Crippen molar-refractivity contribution < 1.29 is 0 Å². The molecule has 2 aromatic heterocycles. The van der Waals surface area contributed by atoms with E-state index in [2.05, 4.69) is 50.3 Å². The maximum atomic E-state index is 6.38. The second-order valence-electron chi connectivity index (χ2n) is 5.12. The predicted octanol–water partition coefficient (Wildman–Crippen LogP) is 3.56. The van der Waals surface area contributed by atoms with Gasteiger partial charge in [0.1, 0.15) is 0 Å². The standard InChI is InChI=1S/C16H18N2S2/c1-9-3-7-13(19-9)11-5-6-12(16(18)15(11)17)14-8-4-10(2)20-14/h3-8,15-16H,17-18H2,1-2H3. The van der Waals surface area contributed by atoms with Crippen LogP contribution < -0.4 is 11.5 Å². The van der Waals surface area contributed by atoms with E-state index in [0.717, 1.165) is 11.1 Å². The number of hydrogen-bond acceptors (Lipinski definition) is 4. The van der Waals surface area contributed by atoms with Gasteiger partial charge in [-0.1, -0.05) is 12.2 Å². The molecular formula is C16H18N2S2. The van der Waals surface area contributed by atoms with Gasteiger partial charge in [0.25, 0.3) is 0 Å². The molecule has 0 radical (unpaired) electrons. The first-order chi connectivity index (χ1) is 9.56. The van der Waals surface area contributed by atoms with Gasteiger partial charge >= 0.3 is 0 Å². The molecule has 0 amide bonds. The lowest BCUT2D eigenvalue weighted by Gasteiger charge is -2.27. The molecular weight excluding hydrogens is 284 g/mol. The lowest BCUT2D eigenvalue weighted by Crippen LogP contribution is -2.44. The minimum Gasteiger partial charge on any atom is -0.322 e. The third-order valence-corrected chi connectivity index (χ3v) is 5.70. The Morgan fingerprint density at radius 2 is 1.15 bits per heavy atom. The molecule has 0 spiro atoms. The van der Waals surface area contributed by atoms with Crippen LogP contribution in [0.15, 0.2) is 36.4 Å². The normalized spacial score (nSPS) is 22.6. The highest BCUT2D eigenvalue weighted by atomic mass is 32.1. The molecule has 0 bridgehead atoms. The smallest absolute Gasteiger partial charge is 0.0505 e. The highest BCUT2D eigenvalue weighted by Gasteiger charge is 2.27. The Balaban J connectivity index is 2.00. The molecule has 4 N–H and O–H groups in total. The van der Waals surface area contributed by atoms with Crippen molar-refractivity contribution in [3.8, 4) is 0 Å². The molecule has 0 aliphatic heterocycles. The van der Waals surface area contributed by atoms with Crippen molar-refractivity contribution >= 4 is 33.8 Å². The first-order valence-electron chi connectivity index (χ1n) is 6.63. The van der Waals surface area contributed by atoms with Crippen molar-refractivity contribution in [3.05, 3.63) is 55.9 Å². The van der Waals surface area contributed by atoms with Gasteiger partial charge in [-0.2, -0.15) is 0 Å². The summed E-state index contributed by atoms with van der Waals surface area (Å²) in [5.41, 5.74) is 15.0. The van der Waals surface area contributed by atoms with Crippen molar-refractivity contribution in [2.45, 2.75) is 25.9 Å². The molecule has 104 valence electrons. The zero-order valence-corrected chi connectivity index (χ0v) is 13.2. The molecule has 0 saturated carbocycles. The van der Waals surface area contributed by atoms with Crippen LogP contribution in [0.25, 0.3) is 11.1 Å². The molecule has 0 fully saturated rings. The molecule has 2 aromatic rings. The van der Waals surface area contributed by atoms with Crippen molar-refractivity contribution in [1.29, 1.82) is 0 Å². The monoisotopic (exact) mass is 302 g/mol. The number of nitrogens with two attached hydrogens (primary N) is 2. The Hall–Kier alpha value is -1.20. The lowest BCUT2D eigenvalue weighted by atomic mass is 9.88. The van der Waals surface area contributed by atoms with Crippen LogP contribution in [-0.2, 0) is 0 Å². The Morgan fingerprint density at radius 3 is 1.45 bits per heavy atom. The average Bonchev–Trinajstić information content (AvgIpc) is 3.02. The molecule has 1 aliphatic rings. The summed E-state index contributed by atoms with van der Waals surface area (Å²) < 4.78 is 0. The quantitative estimate of drug-likeness (QED) is 0.891. The van der Waals surface area contributed by atoms with Crippen molar-refractivity contribution in [3.63, 3.8) is 0 Å². The van der Waals surface area contributed by atoms with Crippen molar-refractivity contribution in [1.82, 2.24) is 0 Å². The molecule has 4 heteroatoms. The molecule has 2 nitrogen and oxygen atoms in total. The third kappa shape index (κ3) is 2.40. The van der Waals surface area contributed by atoms with Gasteiger partial charge in [-0.05, 0) is 49.3 Å². The first kappa shape index (κ1) is 13.8.